The summed E-state index contributed by atoms with van der Waals surface area (Å²) in [5, 5.41) is 22.9. The topological polar surface area (TPSA) is 82.2 Å². The lowest BCUT2D eigenvalue weighted by atomic mass is 10.1. The van der Waals surface area contributed by atoms with Gasteiger partial charge >= 0.3 is 0 Å². The molecule has 1 atom stereocenters. The van der Waals surface area contributed by atoms with Gasteiger partial charge in [-0.1, -0.05) is 12.1 Å². The summed E-state index contributed by atoms with van der Waals surface area (Å²) in [6.45, 7) is 1.62. The number of non-ortho nitro benzene ring substituents is 1. The Morgan fingerprint density at radius 2 is 2.26 bits per heavy atom. The number of benzene rings is 1. The van der Waals surface area contributed by atoms with Gasteiger partial charge in [0.25, 0.3) is 5.69 Å². The van der Waals surface area contributed by atoms with Gasteiger partial charge in [0.2, 0.25) is 0 Å². The summed E-state index contributed by atoms with van der Waals surface area (Å²) in [6, 6.07) is 7.79. The van der Waals surface area contributed by atoms with Crippen molar-refractivity contribution in [3.05, 3.63) is 39.9 Å². The first-order valence-corrected chi connectivity index (χ1v) is 6.06. The highest BCUT2D eigenvalue weighted by Gasteiger charge is 2.13. The van der Waals surface area contributed by atoms with Crippen LogP contribution in [-0.4, -0.2) is 37.0 Å². The van der Waals surface area contributed by atoms with Gasteiger partial charge in [0, 0.05) is 12.1 Å². The van der Waals surface area contributed by atoms with Crippen LogP contribution < -0.4 is 5.32 Å². The van der Waals surface area contributed by atoms with Gasteiger partial charge in [-0.3, -0.25) is 15.4 Å². The molecule has 6 nitrogen and oxygen atoms in total. The van der Waals surface area contributed by atoms with Crippen molar-refractivity contribution in [2.75, 3.05) is 27.2 Å². The van der Waals surface area contributed by atoms with Crippen LogP contribution in [0, 0.1) is 21.4 Å². The summed E-state index contributed by atoms with van der Waals surface area (Å²) >= 11 is 0. The quantitative estimate of drug-likeness (QED) is 0.459. The fourth-order valence-corrected chi connectivity index (χ4v) is 1.70. The maximum atomic E-state index is 10.7. The lowest BCUT2D eigenvalue weighted by Crippen LogP contribution is -2.24. The molecule has 102 valence electrons. The smallest absolute Gasteiger partial charge is 0.269 e. The third kappa shape index (κ3) is 5.04. The van der Waals surface area contributed by atoms with Crippen molar-refractivity contribution in [2.24, 2.45) is 0 Å². The van der Waals surface area contributed by atoms with Gasteiger partial charge in [-0.05, 0) is 39.2 Å². The van der Waals surface area contributed by atoms with Gasteiger partial charge in [0.1, 0.15) is 6.04 Å². The van der Waals surface area contributed by atoms with Crippen molar-refractivity contribution in [3.8, 4) is 6.07 Å². The molecule has 1 N–H and O–H groups in total. The number of nitro groups is 1. The Labute approximate surface area is 112 Å². The molecule has 0 heterocycles. The highest BCUT2D eigenvalue weighted by Crippen LogP contribution is 2.18. The van der Waals surface area contributed by atoms with Crippen LogP contribution in [0.15, 0.2) is 24.3 Å². The Morgan fingerprint density at radius 3 is 2.84 bits per heavy atom. The highest BCUT2D eigenvalue weighted by molar-refractivity contribution is 5.37. The van der Waals surface area contributed by atoms with Crippen LogP contribution in [0.4, 0.5) is 5.69 Å². The van der Waals surface area contributed by atoms with Crippen molar-refractivity contribution >= 4 is 5.69 Å². The molecular weight excluding hydrogens is 244 g/mol. The van der Waals surface area contributed by atoms with E-state index in [1.165, 1.54) is 12.1 Å². The number of hydrogen-bond acceptors (Lipinski definition) is 5. The Balaban J connectivity index is 2.62. The highest BCUT2D eigenvalue weighted by atomic mass is 16.6. The van der Waals surface area contributed by atoms with Crippen LogP contribution in [0.2, 0.25) is 0 Å². The second kappa shape index (κ2) is 7.46. The molecule has 19 heavy (non-hydrogen) atoms. The van der Waals surface area contributed by atoms with E-state index in [1.54, 1.807) is 12.1 Å². The number of nitro benzene ring substituents is 1. The zero-order valence-electron chi connectivity index (χ0n) is 11.2. The molecule has 1 unspecified atom stereocenters. The fraction of sp³-hybridized carbons (Fsp3) is 0.462. The van der Waals surface area contributed by atoms with Crippen molar-refractivity contribution in [1.82, 2.24) is 10.2 Å². The van der Waals surface area contributed by atoms with Crippen molar-refractivity contribution in [3.63, 3.8) is 0 Å². The Kier molecular flexibility index (Phi) is 5.93. The van der Waals surface area contributed by atoms with E-state index in [9.17, 15) is 10.1 Å². The minimum absolute atomic E-state index is 0.00726. The molecular formula is C13H18N4O2. The Hall–Kier alpha value is -1.97. The van der Waals surface area contributed by atoms with Crippen LogP contribution in [0.3, 0.4) is 0 Å². The van der Waals surface area contributed by atoms with Gasteiger partial charge in [0.15, 0.2) is 0 Å². The average Bonchev–Trinajstić information content (AvgIpc) is 2.38. The zero-order chi connectivity index (χ0) is 14.3. The normalized spacial score (nSPS) is 12.1. The monoisotopic (exact) mass is 262 g/mol. The first-order chi connectivity index (χ1) is 9.04. The molecule has 0 saturated heterocycles. The Bertz CT molecular complexity index is 468. The van der Waals surface area contributed by atoms with Gasteiger partial charge < -0.3 is 4.90 Å². The molecule has 1 aromatic rings. The number of rotatable bonds is 7. The van der Waals surface area contributed by atoms with Crippen LogP contribution >= 0.6 is 0 Å². The second-order valence-electron chi connectivity index (χ2n) is 4.53. The lowest BCUT2D eigenvalue weighted by molar-refractivity contribution is -0.384. The third-order valence-corrected chi connectivity index (χ3v) is 2.67. The van der Waals surface area contributed by atoms with E-state index in [2.05, 4.69) is 16.3 Å². The van der Waals surface area contributed by atoms with Gasteiger partial charge in [-0.25, -0.2) is 0 Å². The Morgan fingerprint density at radius 1 is 1.53 bits per heavy atom. The van der Waals surface area contributed by atoms with Gasteiger partial charge in [0.05, 0.1) is 11.0 Å². The summed E-state index contributed by atoms with van der Waals surface area (Å²) in [6.07, 6.45) is 0.917. The zero-order valence-corrected chi connectivity index (χ0v) is 11.2. The largest absolute Gasteiger partial charge is 0.309 e. The molecule has 0 spiro atoms. The van der Waals surface area contributed by atoms with E-state index in [-0.39, 0.29) is 5.69 Å². The molecule has 0 aromatic heterocycles. The number of hydrogen-bond donors (Lipinski definition) is 1. The molecule has 1 rings (SSSR count). The summed E-state index contributed by atoms with van der Waals surface area (Å²) in [5.41, 5.74) is 0.634. The van der Waals surface area contributed by atoms with E-state index in [1.807, 2.05) is 14.1 Å². The van der Waals surface area contributed by atoms with E-state index >= 15 is 0 Å². The maximum Gasteiger partial charge on any atom is 0.269 e. The van der Waals surface area contributed by atoms with E-state index in [0.717, 1.165) is 13.0 Å². The minimum atomic E-state index is -0.512. The van der Waals surface area contributed by atoms with Gasteiger partial charge in [-0.2, -0.15) is 5.26 Å². The molecule has 6 heteroatoms. The predicted octanol–water partition coefficient (Wildman–Crippen LogP) is 1.70. The number of nitriles is 1. The number of nitrogens with zero attached hydrogens (tertiary/aromatic N) is 3. The van der Waals surface area contributed by atoms with Crippen molar-refractivity contribution < 1.29 is 4.92 Å². The number of nitrogens with one attached hydrogen (secondary N) is 1. The van der Waals surface area contributed by atoms with Crippen molar-refractivity contribution in [1.29, 1.82) is 5.26 Å². The molecule has 0 bridgehead atoms. The summed E-state index contributed by atoms with van der Waals surface area (Å²) in [4.78, 5) is 12.3. The van der Waals surface area contributed by atoms with Gasteiger partial charge in [-0.15, -0.1) is 0 Å². The molecule has 0 aliphatic heterocycles. The third-order valence-electron chi connectivity index (χ3n) is 2.67. The molecule has 0 saturated carbocycles. The van der Waals surface area contributed by atoms with Crippen LogP contribution in [0.25, 0.3) is 0 Å². The van der Waals surface area contributed by atoms with Crippen LogP contribution in [-0.2, 0) is 0 Å². The molecule has 0 aliphatic carbocycles. The van der Waals surface area contributed by atoms with E-state index in [4.69, 9.17) is 5.26 Å². The second-order valence-corrected chi connectivity index (χ2v) is 4.53. The van der Waals surface area contributed by atoms with E-state index < -0.39 is 11.0 Å². The average molecular weight is 262 g/mol. The molecule has 0 radical (unpaired) electrons. The SMILES string of the molecule is CN(C)CCCNC(C#N)c1cccc([N+](=O)[O-])c1. The molecule has 1 aromatic carbocycles. The van der Waals surface area contributed by atoms with Crippen LogP contribution in [0.5, 0.6) is 0 Å². The first-order valence-electron chi connectivity index (χ1n) is 6.06. The van der Waals surface area contributed by atoms with E-state index in [0.29, 0.717) is 12.1 Å². The van der Waals surface area contributed by atoms with Crippen LogP contribution in [0.1, 0.15) is 18.0 Å². The molecule has 0 amide bonds. The van der Waals surface area contributed by atoms with Crippen molar-refractivity contribution in [2.45, 2.75) is 12.5 Å². The summed E-state index contributed by atoms with van der Waals surface area (Å²) in [5.74, 6) is 0. The molecule has 0 fully saturated rings. The predicted molar refractivity (Wildman–Crippen MR) is 72.6 cm³/mol. The fourth-order valence-electron chi connectivity index (χ4n) is 1.70. The molecule has 0 aliphatic rings. The minimum Gasteiger partial charge on any atom is -0.309 e. The first kappa shape index (κ1) is 15.1. The summed E-state index contributed by atoms with van der Waals surface area (Å²) in [7, 11) is 3.98. The summed E-state index contributed by atoms with van der Waals surface area (Å²) < 4.78 is 0. The lowest BCUT2D eigenvalue weighted by Gasteiger charge is -2.13. The maximum absolute atomic E-state index is 10.7. The standard InChI is InChI=1S/C13H18N4O2/c1-16(2)8-4-7-15-13(10-14)11-5-3-6-12(9-11)17(18)19/h3,5-6,9,13,15H,4,7-8H2,1-2H3.